The van der Waals surface area contributed by atoms with Gasteiger partial charge in [-0.2, -0.15) is 0 Å². The van der Waals surface area contributed by atoms with Crippen LogP contribution in [0.15, 0.2) is 29.4 Å². The van der Waals surface area contributed by atoms with Crippen LogP contribution in [0.2, 0.25) is 0 Å². The summed E-state index contributed by atoms with van der Waals surface area (Å²) in [6, 6.07) is 4.30. The zero-order valence-electron chi connectivity index (χ0n) is 18.4. The molecule has 1 heterocycles. The van der Waals surface area contributed by atoms with E-state index < -0.39 is 0 Å². The average molecular weight is 414 g/mol. The molecule has 4 fully saturated rings. The molecule has 0 amide bonds. The van der Waals surface area contributed by atoms with Crippen LogP contribution in [0.1, 0.15) is 78.1 Å². The van der Waals surface area contributed by atoms with Crippen LogP contribution in [0.25, 0.3) is 0 Å². The average Bonchev–Trinajstić information content (AvgIpc) is 3.06. The van der Waals surface area contributed by atoms with Gasteiger partial charge < -0.3 is 5.11 Å². The van der Waals surface area contributed by atoms with E-state index in [1.165, 1.54) is 62.0 Å². The van der Waals surface area contributed by atoms with Gasteiger partial charge in [0.05, 0.1) is 6.10 Å². The molecule has 0 saturated heterocycles. The number of aliphatic hydroxyl groups is 1. The summed E-state index contributed by atoms with van der Waals surface area (Å²) in [5.74, 6) is 5.80. The molecule has 3 heteroatoms. The van der Waals surface area contributed by atoms with Gasteiger partial charge in [-0.05, 0) is 123 Å². The van der Waals surface area contributed by atoms with Crippen molar-refractivity contribution >= 4 is 11.8 Å². The van der Waals surface area contributed by atoms with Crippen molar-refractivity contribution in [2.75, 3.05) is 5.75 Å². The maximum absolute atomic E-state index is 10.2. The number of hydrogen-bond donors (Lipinski definition) is 1. The highest BCUT2D eigenvalue weighted by Gasteiger charge is 2.59. The molecule has 4 aliphatic carbocycles. The van der Waals surface area contributed by atoms with Gasteiger partial charge in [-0.25, -0.2) is 0 Å². The van der Waals surface area contributed by atoms with Gasteiger partial charge in [0, 0.05) is 17.3 Å². The van der Waals surface area contributed by atoms with Gasteiger partial charge >= 0.3 is 0 Å². The molecular weight excluding hydrogens is 374 g/mol. The van der Waals surface area contributed by atoms with Crippen LogP contribution in [0.4, 0.5) is 0 Å². The smallest absolute Gasteiger partial charge is 0.0543 e. The second kappa shape index (κ2) is 7.86. The van der Waals surface area contributed by atoms with E-state index in [9.17, 15) is 5.11 Å². The monoisotopic (exact) mass is 413 g/mol. The Bertz CT molecular complexity index is 710. The van der Waals surface area contributed by atoms with Crippen molar-refractivity contribution in [3.63, 3.8) is 0 Å². The molecule has 0 aliphatic heterocycles. The summed E-state index contributed by atoms with van der Waals surface area (Å²) in [6.45, 7) is 5.28. The van der Waals surface area contributed by atoms with Gasteiger partial charge in [-0.1, -0.05) is 13.8 Å². The topological polar surface area (TPSA) is 33.1 Å². The third-order valence-corrected chi connectivity index (χ3v) is 11.3. The third kappa shape index (κ3) is 3.49. The van der Waals surface area contributed by atoms with E-state index in [0.717, 1.165) is 42.4 Å². The standard InChI is InChI=1S/C26H39NOS/c1-25-13-8-24-22(5-3-19-17-20(28)7-12-26(19,24)2)23(25)6-4-18(25)11-16-29-21-9-14-27-15-10-21/h9-10,14-15,18-20,22-24,28H,3-8,11-13,16-17H2,1-2H3/t18-,19-,20-,22+,23+,24+,25-,26+/m1/s1. The van der Waals surface area contributed by atoms with Crippen molar-refractivity contribution in [2.24, 2.45) is 40.4 Å². The quantitative estimate of drug-likeness (QED) is 0.566. The molecule has 0 bridgehead atoms. The molecular formula is C26H39NOS. The maximum atomic E-state index is 10.2. The lowest BCUT2D eigenvalue weighted by Crippen LogP contribution is -2.53. The second-order valence-electron chi connectivity index (χ2n) is 11.2. The van der Waals surface area contributed by atoms with Gasteiger partial charge in [0.2, 0.25) is 0 Å². The van der Waals surface area contributed by atoms with Crippen molar-refractivity contribution in [1.29, 1.82) is 0 Å². The Kier molecular flexibility index (Phi) is 5.52. The van der Waals surface area contributed by atoms with Crippen LogP contribution in [-0.2, 0) is 0 Å². The molecule has 4 saturated carbocycles. The number of aliphatic hydroxyl groups excluding tert-OH is 1. The highest BCUT2D eigenvalue weighted by atomic mass is 32.2. The third-order valence-electron chi connectivity index (χ3n) is 10.2. The number of thioether (sulfide) groups is 1. The molecule has 29 heavy (non-hydrogen) atoms. The largest absolute Gasteiger partial charge is 0.393 e. The molecule has 0 spiro atoms. The summed E-state index contributed by atoms with van der Waals surface area (Å²) in [6.07, 6.45) is 17.2. The minimum absolute atomic E-state index is 0.0211. The Morgan fingerprint density at radius 2 is 1.72 bits per heavy atom. The molecule has 0 unspecified atom stereocenters. The molecule has 5 rings (SSSR count). The summed E-state index contributed by atoms with van der Waals surface area (Å²) < 4.78 is 0. The Morgan fingerprint density at radius 1 is 0.966 bits per heavy atom. The number of hydrogen-bond acceptors (Lipinski definition) is 3. The predicted octanol–water partition coefficient (Wildman–Crippen LogP) is 6.58. The summed E-state index contributed by atoms with van der Waals surface area (Å²) in [7, 11) is 0. The number of pyridine rings is 1. The molecule has 0 aromatic carbocycles. The highest BCUT2D eigenvalue weighted by Crippen LogP contribution is 2.67. The van der Waals surface area contributed by atoms with E-state index in [1.807, 2.05) is 24.2 Å². The molecule has 1 aromatic heterocycles. The fourth-order valence-electron chi connectivity index (χ4n) is 8.57. The van der Waals surface area contributed by atoms with E-state index in [-0.39, 0.29) is 6.10 Å². The van der Waals surface area contributed by atoms with Gasteiger partial charge in [0.15, 0.2) is 0 Å². The minimum atomic E-state index is -0.0211. The van der Waals surface area contributed by atoms with E-state index >= 15 is 0 Å². The maximum Gasteiger partial charge on any atom is 0.0543 e. The molecule has 2 nitrogen and oxygen atoms in total. The number of nitrogens with zero attached hydrogens (tertiary/aromatic N) is 1. The molecule has 1 aromatic rings. The summed E-state index contributed by atoms with van der Waals surface area (Å²) in [4.78, 5) is 5.52. The van der Waals surface area contributed by atoms with Crippen molar-refractivity contribution in [3.05, 3.63) is 24.5 Å². The Hall–Kier alpha value is -0.540. The van der Waals surface area contributed by atoms with Gasteiger partial charge in [0.1, 0.15) is 0 Å². The number of fused-ring (bicyclic) bond motifs is 5. The van der Waals surface area contributed by atoms with Crippen LogP contribution >= 0.6 is 11.8 Å². The lowest BCUT2D eigenvalue weighted by Gasteiger charge is -2.61. The van der Waals surface area contributed by atoms with Crippen molar-refractivity contribution in [3.8, 4) is 0 Å². The first kappa shape index (κ1) is 20.4. The lowest BCUT2D eigenvalue weighted by atomic mass is 9.44. The van der Waals surface area contributed by atoms with Crippen LogP contribution < -0.4 is 0 Å². The van der Waals surface area contributed by atoms with Gasteiger partial charge in [-0.15, -0.1) is 11.8 Å². The summed E-state index contributed by atoms with van der Waals surface area (Å²) >= 11 is 2.02. The first-order valence-electron chi connectivity index (χ1n) is 12.2. The number of aromatic nitrogens is 1. The van der Waals surface area contributed by atoms with E-state index in [0.29, 0.717) is 10.8 Å². The molecule has 1 N–H and O–H groups in total. The first-order valence-corrected chi connectivity index (χ1v) is 13.2. The van der Waals surface area contributed by atoms with Crippen LogP contribution in [0.5, 0.6) is 0 Å². The van der Waals surface area contributed by atoms with Gasteiger partial charge in [-0.3, -0.25) is 4.98 Å². The van der Waals surface area contributed by atoms with Crippen LogP contribution in [0, 0.1) is 40.4 Å². The predicted molar refractivity (Wildman–Crippen MR) is 121 cm³/mol. The van der Waals surface area contributed by atoms with Crippen molar-refractivity contribution in [2.45, 2.75) is 89.1 Å². The molecule has 4 aliphatic rings. The zero-order valence-corrected chi connectivity index (χ0v) is 19.2. The van der Waals surface area contributed by atoms with Crippen LogP contribution in [0.3, 0.4) is 0 Å². The second-order valence-corrected chi connectivity index (χ2v) is 12.4. The van der Waals surface area contributed by atoms with E-state index in [4.69, 9.17) is 0 Å². The Morgan fingerprint density at radius 3 is 2.55 bits per heavy atom. The fourth-order valence-corrected chi connectivity index (χ4v) is 9.52. The first-order chi connectivity index (χ1) is 14.0. The zero-order chi connectivity index (χ0) is 20.1. The molecule has 8 atom stereocenters. The van der Waals surface area contributed by atoms with Gasteiger partial charge in [0.25, 0.3) is 0 Å². The SMILES string of the molecule is C[C@]12CC[C@@H](O)C[C@H]1CC[C@@H]1[C@@H]2CC[C@]2(C)[C@@H](CCSc3ccncc3)CC[C@@H]12. The van der Waals surface area contributed by atoms with Crippen molar-refractivity contribution in [1.82, 2.24) is 4.98 Å². The van der Waals surface area contributed by atoms with Crippen LogP contribution in [-0.4, -0.2) is 21.9 Å². The van der Waals surface area contributed by atoms with E-state index in [2.05, 4.69) is 31.0 Å². The normalized spacial score (nSPS) is 46.6. The Balaban J connectivity index is 1.26. The fraction of sp³-hybridized carbons (Fsp3) is 0.808. The minimum Gasteiger partial charge on any atom is -0.393 e. The summed E-state index contributed by atoms with van der Waals surface area (Å²) in [5.41, 5.74) is 1.09. The van der Waals surface area contributed by atoms with Crippen molar-refractivity contribution < 1.29 is 5.11 Å². The van der Waals surface area contributed by atoms with E-state index in [1.54, 1.807) is 0 Å². The lowest BCUT2D eigenvalue weighted by molar-refractivity contribution is -0.126. The molecule has 160 valence electrons. The number of rotatable bonds is 4. The molecule has 0 radical (unpaired) electrons. The summed E-state index contributed by atoms with van der Waals surface area (Å²) in [5, 5.41) is 10.2. The highest BCUT2D eigenvalue weighted by molar-refractivity contribution is 7.99. The Labute approximate surface area is 181 Å².